The fourth-order valence-electron chi connectivity index (χ4n) is 3.30. The van der Waals surface area contributed by atoms with Gasteiger partial charge >= 0.3 is 0 Å². The minimum absolute atomic E-state index is 0.229. The topological polar surface area (TPSA) is 38.7 Å². The van der Waals surface area contributed by atoms with Crippen LogP contribution in [0.15, 0.2) is 12.3 Å². The van der Waals surface area contributed by atoms with Crippen molar-refractivity contribution in [2.24, 2.45) is 0 Å². The SMILES string of the molecule is CC(C)[Si](OC[C@H]1OC=C[C@@H]1O)(C(C)C)C(C)C. The van der Waals surface area contributed by atoms with Gasteiger partial charge in [-0.3, -0.25) is 0 Å². The van der Waals surface area contributed by atoms with Crippen molar-refractivity contribution in [2.75, 3.05) is 6.61 Å². The first-order chi connectivity index (χ1) is 8.32. The fourth-order valence-corrected chi connectivity index (χ4v) is 8.75. The number of hydrogen-bond acceptors (Lipinski definition) is 3. The van der Waals surface area contributed by atoms with Crippen LogP contribution in [0.3, 0.4) is 0 Å². The quantitative estimate of drug-likeness (QED) is 0.753. The molecule has 1 aliphatic rings. The van der Waals surface area contributed by atoms with Gasteiger partial charge in [0.1, 0.15) is 12.2 Å². The zero-order valence-corrected chi connectivity index (χ0v) is 13.5. The van der Waals surface area contributed by atoms with Crippen molar-refractivity contribution < 1.29 is 14.3 Å². The Labute approximate surface area is 112 Å². The Hall–Kier alpha value is -0.323. The zero-order chi connectivity index (χ0) is 13.9. The molecule has 0 radical (unpaired) electrons. The Morgan fingerprint density at radius 1 is 1.11 bits per heavy atom. The summed E-state index contributed by atoms with van der Waals surface area (Å²) in [6, 6.07) is 0. The van der Waals surface area contributed by atoms with Gasteiger partial charge in [-0.15, -0.1) is 0 Å². The van der Waals surface area contributed by atoms with Gasteiger partial charge in [-0.1, -0.05) is 41.5 Å². The molecule has 1 rings (SSSR count). The van der Waals surface area contributed by atoms with Crippen molar-refractivity contribution in [3.05, 3.63) is 12.3 Å². The summed E-state index contributed by atoms with van der Waals surface area (Å²) >= 11 is 0. The van der Waals surface area contributed by atoms with Crippen molar-refractivity contribution in [1.82, 2.24) is 0 Å². The highest BCUT2D eigenvalue weighted by molar-refractivity contribution is 6.77. The molecule has 0 aliphatic carbocycles. The summed E-state index contributed by atoms with van der Waals surface area (Å²) in [7, 11) is -1.84. The molecule has 1 heterocycles. The van der Waals surface area contributed by atoms with E-state index in [1.54, 1.807) is 12.3 Å². The third-order valence-corrected chi connectivity index (χ3v) is 10.2. The van der Waals surface area contributed by atoms with Gasteiger partial charge in [0.15, 0.2) is 0 Å². The lowest BCUT2D eigenvalue weighted by atomic mass is 10.2. The molecule has 4 heteroatoms. The first-order valence-electron chi connectivity index (χ1n) is 6.96. The van der Waals surface area contributed by atoms with Crippen molar-refractivity contribution in [3.63, 3.8) is 0 Å². The minimum Gasteiger partial charge on any atom is -0.493 e. The van der Waals surface area contributed by atoms with Crippen LogP contribution in [0.4, 0.5) is 0 Å². The van der Waals surface area contributed by atoms with E-state index in [-0.39, 0.29) is 6.10 Å². The van der Waals surface area contributed by atoms with E-state index in [9.17, 15) is 5.11 Å². The van der Waals surface area contributed by atoms with Crippen LogP contribution in [-0.2, 0) is 9.16 Å². The van der Waals surface area contributed by atoms with Crippen LogP contribution in [0.1, 0.15) is 41.5 Å². The van der Waals surface area contributed by atoms with E-state index >= 15 is 0 Å². The van der Waals surface area contributed by atoms with E-state index in [4.69, 9.17) is 9.16 Å². The molecule has 0 aromatic rings. The van der Waals surface area contributed by atoms with Crippen LogP contribution in [0, 0.1) is 0 Å². The summed E-state index contributed by atoms with van der Waals surface area (Å²) in [5.74, 6) is 0. The summed E-state index contributed by atoms with van der Waals surface area (Å²) in [6.45, 7) is 14.1. The molecule has 1 N–H and O–H groups in total. The number of aliphatic hydroxyl groups is 1. The lowest BCUT2D eigenvalue weighted by Gasteiger charge is -2.42. The van der Waals surface area contributed by atoms with E-state index in [2.05, 4.69) is 41.5 Å². The molecule has 1 aliphatic heterocycles. The largest absolute Gasteiger partial charge is 0.493 e. The highest BCUT2D eigenvalue weighted by Gasteiger charge is 2.45. The molecular formula is C14H28O3Si. The van der Waals surface area contributed by atoms with Crippen LogP contribution in [0.25, 0.3) is 0 Å². The van der Waals surface area contributed by atoms with Gasteiger partial charge in [0, 0.05) is 0 Å². The highest BCUT2D eigenvalue weighted by atomic mass is 28.4. The van der Waals surface area contributed by atoms with Crippen molar-refractivity contribution in [3.8, 4) is 0 Å². The van der Waals surface area contributed by atoms with Crippen molar-refractivity contribution in [1.29, 1.82) is 0 Å². The molecule has 106 valence electrons. The molecule has 0 spiro atoms. The second-order valence-electron chi connectivity index (χ2n) is 6.12. The highest BCUT2D eigenvalue weighted by Crippen LogP contribution is 2.42. The maximum Gasteiger partial charge on any atom is 0.200 e. The first kappa shape index (κ1) is 15.7. The van der Waals surface area contributed by atoms with Gasteiger partial charge in [-0.2, -0.15) is 0 Å². The Morgan fingerprint density at radius 2 is 1.61 bits per heavy atom. The molecular weight excluding hydrogens is 244 g/mol. The lowest BCUT2D eigenvalue weighted by Crippen LogP contribution is -2.49. The van der Waals surface area contributed by atoms with Crippen molar-refractivity contribution in [2.45, 2.75) is 70.4 Å². The predicted octanol–water partition coefficient (Wildman–Crippen LogP) is 3.45. The third kappa shape index (κ3) is 2.98. The number of rotatable bonds is 6. The smallest absolute Gasteiger partial charge is 0.200 e. The summed E-state index contributed by atoms with van der Waals surface area (Å²) < 4.78 is 11.7. The Morgan fingerprint density at radius 3 is 1.94 bits per heavy atom. The van der Waals surface area contributed by atoms with Gasteiger partial charge in [-0.25, -0.2) is 0 Å². The standard InChI is InChI=1S/C14H28O3Si/c1-10(2)18(11(3)4,12(5)6)17-9-14-13(15)7-8-16-14/h7-8,10-15H,9H2,1-6H3/t13-,14+/m0/s1. The Balaban J connectivity index is 2.73. The summed E-state index contributed by atoms with van der Waals surface area (Å²) in [4.78, 5) is 0. The van der Waals surface area contributed by atoms with Crippen LogP contribution < -0.4 is 0 Å². The lowest BCUT2D eigenvalue weighted by molar-refractivity contribution is 0.0241. The molecule has 0 unspecified atom stereocenters. The number of hydrogen-bond donors (Lipinski definition) is 1. The molecule has 3 nitrogen and oxygen atoms in total. The average Bonchev–Trinajstić information content (AvgIpc) is 2.63. The summed E-state index contributed by atoms with van der Waals surface area (Å²) in [5, 5.41) is 9.73. The third-order valence-electron chi connectivity index (χ3n) is 4.11. The van der Waals surface area contributed by atoms with E-state index in [0.717, 1.165) is 0 Å². The second-order valence-corrected chi connectivity index (χ2v) is 11.6. The van der Waals surface area contributed by atoms with Gasteiger partial charge in [0.2, 0.25) is 8.32 Å². The number of ether oxygens (including phenoxy) is 1. The van der Waals surface area contributed by atoms with Crippen LogP contribution >= 0.6 is 0 Å². The average molecular weight is 272 g/mol. The maximum atomic E-state index is 9.73. The minimum atomic E-state index is -1.84. The van der Waals surface area contributed by atoms with Gasteiger partial charge in [-0.05, 0) is 22.7 Å². The Bertz CT molecular complexity index is 265. The molecule has 0 saturated heterocycles. The van der Waals surface area contributed by atoms with Crippen molar-refractivity contribution >= 4 is 8.32 Å². The van der Waals surface area contributed by atoms with Crippen LogP contribution in [0.2, 0.25) is 16.6 Å². The Kier molecular flexibility index (Phi) is 5.43. The maximum absolute atomic E-state index is 9.73. The normalized spacial score (nSPS) is 24.3. The summed E-state index contributed by atoms with van der Waals surface area (Å²) in [6.07, 6.45) is 2.50. The molecule has 0 fully saturated rings. The molecule has 2 atom stereocenters. The zero-order valence-electron chi connectivity index (χ0n) is 12.5. The number of aliphatic hydroxyl groups excluding tert-OH is 1. The van der Waals surface area contributed by atoms with Crippen LogP contribution in [0.5, 0.6) is 0 Å². The molecule has 0 bridgehead atoms. The van der Waals surface area contributed by atoms with E-state index < -0.39 is 14.4 Å². The summed E-state index contributed by atoms with van der Waals surface area (Å²) in [5.41, 5.74) is 1.68. The van der Waals surface area contributed by atoms with E-state index in [1.165, 1.54) is 0 Å². The van der Waals surface area contributed by atoms with Crippen LogP contribution in [-0.4, -0.2) is 32.2 Å². The fraction of sp³-hybridized carbons (Fsp3) is 0.857. The van der Waals surface area contributed by atoms with Gasteiger partial charge < -0.3 is 14.3 Å². The monoisotopic (exact) mass is 272 g/mol. The van der Waals surface area contributed by atoms with Gasteiger partial charge in [0.25, 0.3) is 0 Å². The van der Waals surface area contributed by atoms with E-state index in [0.29, 0.717) is 23.2 Å². The van der Waals surface area contributed by atoms with E-state index in [1.807, 2.05) is 0 Å². The second kappa shape index (κ2) is 6.22. The molecule has 0 aromatic carbocycles. The molecule has 0 saturated carbocycles. The first-order valence-corrected chi connectivity index (χ1v) is 9.10. The van der Waals surface area contributed by atoms with Gasteiger partial charge in [0.05, 0.1) is 12.9 Å². The molecule has 0 amide bonds. The molecule has 0 aromatic heterocycles. The predicted molar refractivity (Wildman–Crippen MR) is 77.0 cm³/mol. The molecule has 18 heavy (non-hydrogen) atoms.